The van der Waals surface area contributed by atoms with Crippen LogP contribution in [0.4, 0.5) is 0 Å². The van der Waals surface area contributed by atoms with Crippen molar-refractivity contribution in [2.45, 2.75) is 38.0 Å². The first kappa shape index (κ1) is 13.0. The topological polar surface area (TPSA) is 62.8 Å². The highest BCUT2D eigenvalue weighted by molar-refractivity contribution is 7.99. The zero-order valence-corrected chi connectivity index (χ0v) is 11.1. The van der Waals surface area contributed by atoms with Crippen molar-refractivity contribution in [3.63, 3.8) is 0 Å². The van der Waals surface area contributed by atoms with Crippen LogP contribution in [0.5, 0.6) is 0 Å². The Kier molecular flexibility index (Phi) is 4.35. The first-order valence-electron chi connectivity index (χ1n) is 5.40. The van der Waals surface area contributed by atoms with Crippen LogP contribution in [0, 0.1) is 18.3 Å². The lowest BCUT2D eigenvalue weighted by molar-refractivity contribution is 0.641. The summed E-state index contributed by atoms with van der Waals surface area (Å²) < 4.78 is 0. The molecule has 0 aliphatic carbocycles. The van der Waals surface area contributed by atoms with Gasteiger partial charge in [-0.2, -0.15) is 0 Å². The number of nitrogens with zero attached hydrogens (tertiary/aromatic N) is 1. The first-order valence-corrected chi connectivity index (χ1v) is 6.28. The summed E-state index contributed by atoms with van der Waals surface area (Å²) in [5.74, 6) is 0.706. The van der Waals surface area contributed by atoms with Crippen molar-refractivity contribution in [2.75, 3.05) is 0 Å². The highest BCUT2D eigenvalue weighted by Gasteiger charge is 2.11. The SMILES string of the molecule is Cc1cc(C(=N)N)cc(SC(C)C(C)C)n1. The molecule has 0 radical (unpaired) electrons. The number of nitrogen functional groups attached to an aromatic ring is 1. The van der Waals surface area contributed by atoms with Gasteiger partial charge in [0, 0.05) is 16.5 Å². The third-order valence-electron chi connectivity index (χ3n) is 2.49. The van der Waals surface area contributed by atoms with Crippen LogP contribution in [-0.2, 0) is 0 Å². The Hall–Kier alpha value is -1.03. The van der Waals surface area contributed by atoms with Crippen molar-refractivity contribution in [2.24, 2.45) is 11.7 Å². The number of aromatic nitrogens is 1. The molecular formula is C12H19N3S. The number of amidine groups is 1. The zero-order chi connectivity index (χ0) is 12.3. The Morgan fingerprint density at radius 1 is 1.38 bits per heavy atom. The third kappa shape index (κ3) is 3.52. The molecular weight excluding hydrogens is 218 g/mol. The Balaban J connectivity index is 2.92. The minimum Gasteiger partial charge on any atom is -0.384 e. The Morgan fingerprint density at radius 2 is 2.00 bits per heavy atom. The maximum atomic E-state index is 7.44. The van der Waals surface area contributed by atoms with Crippen molar-refractivity contribution in [1.82, 2.24) is 4.98 Å². The molecule has 1 unspecified atom stereocenters. The van der Waals surface area contributed by atoms with Crippen LogP contribution in [0.3, 0.4) is 0 Å². The second-order valence-electron chi connectivity index (χ2n) is 4.32. The van der Waals surface area contributed by atoms with E-state index in [9.17, 15) is 0 Å². The van der Waals surface area contributed by atoms with Crippen LogP contribution in [0.1, 0.15) is 32.0 Å². The van der Waals surface area contributed by atoms with Crippen molar-refractivity contribution in [1.29, 1.82) is 5.41 Å². The van der Waals surface area contributed by atoms with Crippen molar-refractivity contribution in [3.8, 4) is 0 Å². The number of nitrogens with one attached hydrogen (secondary N) is 1. The van der Waals surface area contributed by atoms with Gasteiger partial charge in [0.2, 0.25) is 0 Å². The zero-order valence-electron chi connectivity index (χ0n) is 10.2. The smallest absolute Gasteiger partial charge is 0.122 e. The van der Waals surface area contributed by atoms with Crippen LogP contribution in [0.25, 0.3) is 0 Å². The van der Waals surface area contributed by atoms with Crippen molar-refractivity contribution >= 4 is 17.6 Å². The molecule has 1 aromatic heterocycles. The molecule has 0 spiro atoms. The summed E-state index contributed by atoms with van der Waals surface area (Å²) in [6.45, 7) is 8.50. The number of hydrogen-bond donors (Lipinski definition) is 2. The number of hydrogen-bond acceptors (Lipinski definition) is 3. The van der Waals surface area contributed by atoms with E-state index >= 15 is 0 Å². The summed E-state index contributed by atoms with van der Waals surface area (Å²) in [6, 6.07) is 3.73. The normalized spacial score (nSPS) is 12.8. The largest absolute Gasteiger partial charge is 0.384 e. The molecule has 4 heteroatoms. The maximum absolute atomic E-state index is 7.44. The minimum absolute atomic E-state index is 0.101. The van der Waals surface area contributed by atoms with E-state index < -0.39 is 0 Å². The Morgan fingerprint density at radius 3 is 2.50 bits per heavy atom. The van der Waals surface area contributed by atoms with Crippen LogP contribution >= 0.6 is 11.8 Å². The quantitative estimate of drug-likeness (QED) is 0.481. The van der Waals surface area contributed by atoms with E-state index in [-0.39, 0.29) is 5.84 Å². The molecule has 0 bridgehead atoms. The van der Waals surface area contributed by atoms with E-state index in [1.807, 2.05) is 19.1 Å². The van der Waals surface area contributed by atoms with Gasteiger partial charge in [-0.15, -0.1) is 11.8 Å². The maximum Gasteiger partial charge on any atom is 0.122 e. The molecule has 0 amide bonds. The van der Waals surface area contributed by atoms with Crippen LogP contribution in [0.15, 0.2) is 17.2 Å². The molecule has 0 saturated carbocycles. The average Bonchev–Trinajstić information content (AvgIpc) is 2.16. The van der Waals surface area contributed by atoms with Crippen LogP contribution in [0.2, 0.25) is 0 Å². The van der Waals surface area contributed by atoms with Crippen LogP contribution in [-0.4, -0.2) is 16.1 Å². The van der Waals surface area contributed by atoms with Crippen molar-refractivity contribution < 1.29 is 0 Å². The fourth-order valence-electron chi connectivity index (χ4n) is 1.18. The van der Waals surface area contributed by atoms with Gasteiger partial charge >= 0.3 is 0 Å². The fourth-order valence-corrected chi connectivity index (χ4v) is 2.23. The molecule has 0 aromatic carbocycles. The average molecular weight is 237 g/mol. The molecule has 0 saturated heterocycles. The highest BCUT2D eigenvalue weighted by atomic mass is 32.2. The van der Waals surface area contributed by atoms with E-state index in [1.165, 1.54) is 0 Å². The molecule has 1 heterocycles. The van der Waals surface area contributed by atoms with Gasteiger partial charge in [-0.1, -0.05) is 20.8 Å². The fraction of sp³-hybridized carbons (Fsp3) is 0.500. The standard InChI is InChI=1S/C12H19N3S/c1-7(2)9(4)16-11-6-10(12(13)14)5-8(3)15-11/h5-7,9H,1-4H3,(H3,13,14). The van der Waals surface area contributed by atoms with E-state index in [0.717, 1.165) is 16.3 Å². The summed E-state index contributed by atoms with van der Waals surface area (Å²) in [5.41, 5.74) is 7.15. The predicted octanol–water partition coefficient (Wildman–Crippen LogP) is 2.81. The predicted molar refractivity (Wildman–Crippen MR) is 70.1 cm³/mol. The monoisotopic (exact) mass is 237 g/mol. The van der Waals surface area contributed by atoms with E-state index in [2.05, 4.69) is 25.8 Å². The minimum atomic E-state index is 0.101. The number of thioether (sulfide) groups is 1. The molecule has 1 atom stereocenters. The Bertz CT molecular complexity index is 388. The van der Waals surface area contributed by atoms with Gasteiger partial charge in [-0.05, 0) is 25.0 Å². The molecule has 1 aromatic rings. The molecule has 1 rings (SSSR count). The molecule has 0 aliphatic rings. The number of aryl methyl sites for hydroxylation is 1. The van der Waals surface area contributed by atoms with Gasteiger partial charge in [-0.3, -0.25) is 5.41 Å². The molecule has 16 heavy (non-hydrogen) atoms. The lowest BCUT2D eigenvalue weighted by atomic mass is 10.2. The number of nitrogens with two attached hydrogens (primary N) is 1. The molecule has 3 nitrogen and oxygen atoms in total. The van der Waals surface area contributed by atoms with Gasteiger partial charge in [-0.25, -0.2) is 4.98 Å². The van der Waals surface area contributed by atoms with E-state index in [0.29, 0.717) is 11.2 Å². The summed E-state index contributed by atoms with van der Waals surface area (Å²) in [5, 5.41) is 8.90. The van der Waals surface area contributed by atoms with Gasteiger partial charge in [0.15, 0.2) is 0 Å². The van der Waals surface area contributed by atoms with Crippen LogP contribution < -0.4 is 5.73 Å². The highest BCUT2D eigenvalue weighted by Crippen LogP contribution is 2.27. The van der Waals surface area contributed by atoms with Crippen molar-refractivity contribution in [3.05, 3.63) is 23.4 Å². The lowest BCUT2D eigenvalue weighted by Crippen LogP contribution is -2.12. The molecule has 0 aliphatic heterocycles. The van der Waals surface area contributed by atoms with Gasteiger partial charge in [0.05, 0.1) is 5.03 Å². The second kappa shape index (κ2) is 5.34. The second-order valence-corrected chi connectivity index (χ2v) is 5.71. The summed E-state index contributed by atoms with van der Waals surface area (Å²) in [7, 11) is 0. The summed E-state index contributed by atoms with van der Waals surface area (Å²) in [6.07, 6.45) is 0. The first-order chi connectivity index (χ1) is 7.40. The van der Waals surface area contributed by atoms with Gasteiger partial charge in [0.1, 0.15) is 5.84 Å². The summed E-state index contributed by atoms with van der Waals surface area (Å²) >= 11 is 1.73. The van der Waals surface area contributed by atoms with E-state index in [1.54, 1.807) is 11.8 Å². The molecule has 88 valence electrons. The van der Waals surface area contributed by atoms with Gasteiger partial charge in [0.25, 0.3) is 0 Å². The molecule has 3 N–H and O–H groups in total. The third-order valence-corrected chi connectivity index (χ3v) is 3.85. The summed E-state index contributed by atoms with van der Waals surface area (Å²) in [4.78, 5) is 4.45. The number of pyridine rings is 1. The van der Waals surface area contributed by atoms with E-state index in [4.69, 9.17) is 11.1 Å². The number of rotatable bonds is 4. The lowest BCUT2D eigenvalue weighted by Gasteiger charge is -2.15. The van der Waals surface area contributed by atoms with Gasteiger partial charge < -0.3 is 5.73 Å². The Labute approximate surface area is 101 Å². The molecule has 0 fully saturated rings.